The number of hydrogen-bond acceptors (Lipinski definition) is 8. The van der Waals surface area contributed by atoms with Gasteiger partial charge in [-0.15, -0.1) is 0 Å². The fraction of sp³-hybridized carbons (Fsp3) is 0.643. The molecule has 4 aliphatic heterocycles. The van der Waals surface area contributed by atoms with Gasteiger partial charge in [-0.2, -0.15) is 9.97 Å². The van der Waals surface area contributed by atoms with E-state index in [1.54, 1.807) is 0 Å². The summed E-state index contributed by atoms with van der Waals surface area (Å²) in [7, 11) is 0. The van der Waals surface area contributed by atoms with Crippen molar-refractivity contribution in [3.63, 3.8) is 0 Å². The number of piperazine rings is 1. The van der Waals surface area contributed by atoms with E-state index < -0.39 is 11.4 Å². The van der Waals surface area contributed by atoms with E-state index in [9.17, 15) is 4.79 Å². The normalized spacial score (nSPS) is 26.8. The lowest BCUT2D eigenvalue weighted by Crippen LogP contribution is -2.57. The monoisotopic (exact) mass is 558 g/mol. The van der Waals surface area contributed by atoms with Crippen LogP contribution in [0.4, 0.5) is 15.0 Å². The van der Waals surface area contributed by atoms with Crippen molar-refractivity contribution in [1.29, 1.82) is 0 Å². The van der Waals surface area contributed by atoms with Crippen molar-refractivity contribution in [3.05, 3.63) is 28.8 Å². The van der Waals surface area contributed by atoms with Crippen molar-refractivity contribution in [2.45, 2.75) is 83.0 Å². The molecule has 2 aromatic rings. The highest BCUT2D eigenvalue weighted by atomic mass is 35.5. The Labute approximate surface area is 233 Å². The standard InChI is InChI=1S/C28H36ClFN6O3/c1-5-17-9-12-35-11-6-10-28(17,35)16-38-25-32-22-20(13-31-23(29)21(22)30)24(33-25)34-14-18-7-8-19(15-34)36(18)26(37)39-27(2,3)4/h9,13,18-19H,5-8,10-12,14-16H2,1-4H3/t18-,19+,28?. The van der Waals surface area contributed by atoms with E-state index in [2.05, 4.69) is 32.8 Å². The lowest BCUT2D eigenvalue weighted by molar-refractivity contribution is 0.0122. The van der Waals surface area contributed by atoms with E-state index in [0.29, 0.717) is 30.9 Å². The van der Waals surface area contributed by atoms with E-state index in [1.165, 1.54) is 11.8 Å². The second-order valence-corrected chi connectivity index (χ2v) is 12.4. The number of hydrogen-bond donors (Lipinski definition) is 0. The first kappa shape index (κ1) is 26.5. The summed E-state index contributed by atoms with van der Waals surface area (Å²) in [4.78, 5) is 32.7. The topological polar surface area (TPSA) is 83.9 Å². The molecule has 210 valence electrons. The molecule has 3 saturated heterocycles. The zero-order valence-electron chi connectivity index (χ0n) is 23.0. The van der Waals surface area contributed by atoms with Crippen molar-refractivity contribution < 1.29 is 18.7 Å². The Balaban J connectivity index is 1.31. The Morgan fingerprint density at radius 2 is 1.97 bits per heavy atom. The fourth-order valence-corrected chi connectivity index (χ4v) is 7.02. The molecule has 6 rings (SSSR count). The Hall–Kier alpha value is -2.72. The summed E-state index contributed by atoms with van der Waals surface area (Å²) < 4.78 is 27.2. The first-order valence-electron chi connectivity index (χ1n) is 13.9. The Bertz CT molecular complexity index is 1320. The second-order valence-electron chi connectivity index (χ2n) is 12.1. The average molecular weight is 559 g/mol. The summed E-state index contributed by atoms with van der Waals surface area (Å²) in [5, 5.41) is 0.241. The molecule has 0 saturated carbocycles. The number of halogens is 2. The SMILES string of the molecule is CCC1=CCN2CCCC12COc1nc(N2C[C@H]3CC[C@@H](C2)N3C(=O)OC(C)(C)C)c2cnc(Cl)c(F)c2n1. The van der Waals surface area contributed by atoms with Gasteiger partial charge in [0, 0.05) is 25.8 Å². The van der Waals surface area contributed by atoms with Crippen molar-refractivity contribution >= 4 is 34.4 Å². The van der Waals surface area contributed by atoms with Crippen molar-refractivity contribution in [3.8, 4) is 6.01 Å². The quantitative estimate of drug-likeness (QED) is 0.376. The van der Waals surface area contributed by atoms with Crippen LogP contribution in [0.5, 0.6) is 6.01 Å². The molecular formula is C28H36ClFN6O3. The Kier molecular flexibility index (Phi) is 6.61. The molecular weight excluding hydrogens is 523 g/mol. The molecule has 1 unspecified atom stereocenters. The predicted octanol–water partition coefficient (Wildman–Crippen LogP) is 4.97. The third-order valence-electron chi connectivity index (χ3n) is 8.59. The smallest absolute Gasteiger partial charge is 0.410 e. The third kappa shape index (κ3) is 4.59. The molecule has 3 fully saturated rings. The van der Waals surface area contributed by atoms with Crippen molar-refractivity contribution in [1.82, 2.24) is 24.8 Å². The maximum Gasteiger partial charge on any atom is 0.410 e. The van der Waals surface area contributed by atoms with Gasteiger partial charge in [0.2, 0.25) is 0 Å². The summed E-state index contributed by atoms with van der Waals surface area (Å²) in [6.45, 7) is 11.3. The molecule has 2 aromatic heterocycles. The highest BCUT2D eigenvalue weighted by molar-refractivity contribution is 6.30. The van der Waals surface area contributed by atoms with E-state index in [4.69, 9.17) is 26.1 Å². The van der Waals surface area contributed by atoms with Crippen LogP contribution in [-0.2, 0) is 4.74 Å². The van der Waals surface area contributed by atoms with Gasteiger partial charge < -0.3 is 14.4 Å². The number of amides is 1. The number of anilines is 1. The van der Waals surface area contributed by atoms with Gasteiger partial charge in [0.05, 0.1) is 23.0 Å². The fourth-order valence-electron chi connectivity index (χ4n) is 6.88. The van der Waals surface area contributed by atoms with Gasteiger partial charge in [-0.05, 0) is 65.0 Å². The minimum Gasteiger partial charge on any atom is -0.461 e. The summed E-state index contributed by atoms with van der Waals surface area (Å²) in [6, 6.07) is 0.0729. The molecule has 9 nitrogen and oxygen atoms in total. The van der Waals surface area contributed by atoms with Crippen LogP contribution >= 0.6 is 11.6 Å². The maximum atomic E-state index is 15.2. The molecule has 3 atom stereocenters. The lowest BCUT2D eigenvalue weighted by Gasteiger charge is -2.42. The van der Waals surface area contributed by atoms with Crippen molar-refractivity contribution in [2.75, 3.05) is 37.7 Å². The molecule has 0 radical (unpaired) electrons. The number of nitrogens with zero attached hydrogens (tertiary/aromatic N) is 6. The summed E-state index contributed by atoms with van der Waals surface area (Å²) in [6.07, 6.45) is 8.38. The number of carbonyl (C=O) groups is 1. The maximum absolute atomic E-state index is 15.2. The summed E-state index contributed by atoms with van der Waals surface area (Å²) in [5.41, 5.74) is 0.760. The molecule has 6 heterocycles. The molecule has 4 aliphatic rings. The molecule has 2 bridgehead atoms. The number of rotatable bonds is 5. The highest BCUT2D eigenvalue weighted by Gasteiger charge is 2.47. The minimum absolute atomic E-state index is 0.0280. The third-order valence-corrected chi connectivity index (χ3v) is 8.85. The van der Waals surface area contributed by atoms with Gasteiger partial charge in [0.15, 0.2) is 11.0 Å². The molecule has 1 amide bonds. The number of aromatic nitrogens is 3. The van der Waals surface area contributed by atoms with Gasteiger partial charge in [0.25, 0.3) is 0 Å². The second kappa shape index (κ2) is 9.73. The van der Waals surface area contributed by atoms with Crippen LogP contribution in [-0.4, -0.2) is 86.9 Å². The van der Waals surface area contributed by atoms with Crippen molar-refractivity contribution in [2.24, 2.45) is 0 Å². The summed E-state index contributed by atoms with van der Waals surface area (Å²) in [5.74, 6) is -0.133. The van der Waals surface area contributed by atoms with Gasteiger partial charge in [0.1, 0.15) is 23.5 Å². The molecule has 0 aromatic carbocycles. The predicted molar refractivity (Wildman–Crippen MR) is 147 cm³/mol. The number of ether oxygens (including phenoxy) is 2. The first-order valence-corrected chi connectivity index (χ1v) is 14.3. The zero-order valence-corrected chi connectivity index (χ0v) is 23.8. The lowest BCUT2D eigenvalue weighted by atomic mass is 9.88. The Morgan fingerprint density at radius 3 is 2.67 bits per heavy atom. The largest absolute Gasteiger partial charge is 0.461 e. The molecule has 0 aliphatic carbocycles. The van der Waals surface area contributed by atoms with Gasteiger partial charge in [-0.25, -0.2) is 14.2 Å². The molecule has 0 N–H and O–H groups in total. The van der Waals surface area contributed by atoms with E-state index >= 15 is 4.39 Å². The molecule has 11 heteroatoms. The average Bonchev–Trinajstić information content (AvgIpc) is 3.53. The van der Waals surface area contributed by atoms with Gasteiger partial charge >= 0.3 is 12.1 Å². The van der Waals surface area contributed by atoms with Crippen LogP contribution in [0.15, 0.2) is 17.8 Å². The number of pyridine rings is 1. The zero-order chi connectivity index (χ0) is 27.5. The van der Waals surface area contributed by atoms with Gasteiger partial charge in [-0.3, -0.25) is 9.80 Å². The molecule has 0 spiro atoms. The summed E-state index contributed by atoms with van der Waals surface area (Å²) >= 11 is 6.06. The number of carbonyl (C=O) groups excluding carboxylic acids is 1. The van der Waals surface area contributed by atoms with Crippen LogP contribution in [0.3, 0.4) is 0 Å². The van der Waals surface area contributed by atoms with Crippen LogP contribution < -0.4 is 9.64 Å². The van der Waals surface area contributed by atoms with Crippen LogP contribution in [0.1, 0.15) is 59.8 Å². The number of fused-ring (bicyclic) bond motifs is 4. The van der Waals surface area contributed by atoms with Crippen LogP contribution in [0, 0.1) is 5.82 Å². The Morgan fingerprint density at radius 1 is 1.23 bits per heavy atom. The van der Waals surface area contributed by atoms with E-state index in [0.717, 1.165) is 45.2 Å². The highest BCUT2D eigenvalue weighted by Crippen LogP contribution is 2.42. The van der Waals surface area contributed by atoms with Crippen LogP contribution in [0.25, 0.3) is 10.9 Å². The first-order chi connectivity index (χ1) is 18.6. The van der Waals surface area contributed by atoms with Crippen LogP contribution in [0.2, 0.25) is 5.15 Å². The molecule has 39 heavy (non-hydrogen) atoms. The minimum atomic E-state index is -0.686. The van der Waals surface area contributed by atoms with Gasteiger partial charge in [-0.1, -0.05) is 24.6 Å². The van der Waals surface area contributed by atoms with E-state index in [1.807, 2.05) is 25.7 Å². The van der Waals surface area contributed by atoms with E-state index in [-0.39, 0.29) is 40.4 Å².